The fourth-order valence-electron chi connectivity index (χ4n) is 4.08. The second kappa shape index (κ2) is 8.64. The molecule has 2 aliphatic rings. The lowest BCUT2D eigenvalue weighted by Gasteiger charge is -2.25. The van der Waals surface area contributed by atoms with Crippen molar-refractivity contribution < 1.29 is 9.59 Å². The number of nitrogens with two attached hydrogens (primary N) is 1. The first-order valence-corrected chi connectivity index (χ1v) is 9.70. The van der Waals surface area contributed by atoms with Crippen molar-refractivity contribution in [2.75, 3.05) is 13.1 Å². The number of carbonyl (C=O) groups excluding carboxylic acids is 2. The van der Waals surface area contributed by atoms with Gasteiger partial charge >= 0.3 is 6.03 Å². The van der Waals surface area contributed by atoms with Gasteiger partial charge in [-0.3, -0.25) is 15.0 Å². The standard InChI is InChI=1S/C20H30N4O2/c1-14(19(25)23-20(26)22-16-10-6-3-7-11-16)24-12-17(18(21)13-24)15-8-4-2-5-9-15/h2,4-5,8-9,14,16-18H,3,6-7,10-13,21H2,1H3,(H2,22,23,25,26)/t14?,17-,18+/m0/s1. The highest BCUT2D eigenvalue weighted by Gasteiger charge is 2.36. The van der Waals surface area contributed by atoms with Crippen molar-refractivity contribution in [3.63, 3.8) is 0 Å². The van der Waals surface area contributed by atoms with E-state index in [1.54, 1.807) is 0 Å². The van der Waals surface area contributed by atoms with E-state index in [1.165, 1.54) is 12.0 Å². The molecule has 2 fully saturated rings. The van der Waals surface area contributed by atoms with Crippen LogP contribution in [-0.4, -0.2) is 48.1 Å². The SMILES string of the molecule is CC(C(=O)NC(=O)NC1CCCCC1)N1C[C@@H](N)[C@H](c2ccccc2)C1. The Kier molecular flexibility index (Phi) is 6.27. The third-order valence-corrected chi connectivity index (χ3v) is 5.73. The maximum Gasteiger partial charge on any atom is 0.321 e. The summed E-state index contributed by atoms with van der Waals surface area (Å²) in [6.45, 7) is 3.21. The molecule has 26 heavy (non-hydrogen) atoms. The van der Waals surface area contributed by atoms with Crippen LogP contribution in [-0.2, 0) is 4.79 Å². The van der Waals surface area contributed by atoms with Crippen molar-refractivity contribution in [2.24, 2.45) is 5.73 Å². The quantitative estimate of drug-likeness (QED) is 0.768. The Labute approximate surface area is 155 Å². The molecule has 6 nitrogen and oxygen atoms in total. The normalized spacial score (nSPS) is 25.6. The van der Waals surface area contributed by atoms with E-state index in [4.69, 9.17) is 5.73 Å². The van der Waals surface area contributed by atoms with E-state index in [9.17, 15) is 9.59 Å². The average Bonchev–Trinajstić information content (AvgIpc) is 3.04. The summed E-state index contributed by atoms with van der Waals surface area (Å²) >= 11 is 0. The van der Waals surface area contributed by atoms with Gasteiger partial charge in [0.25, 0.3) is 0 Å². The zero-order valence-corrected chi connectivity index (χ0v) is 15.5. The number of nitrogens with zero attached hydrogens (tertiary/aromatic N) is 1. The molecule has 1 heterocycles. The molecule has 0 radical (unpaired) electrons. The summed E-state index contributed by atoms with van der Waals surface area (Å²) in [5, 5.41) is 5.43. The number of benzene rings is 1. The first kappa shape index (κ1) is 18.9. The van der Waals surface area contributed by atoms with Crippen LogP contribution in [0, 0.1) is 0 Å². The largest absolute Gasteiger partial charge is 0.335 e. The molecule has 1 unspecified atom stereocenters. The maximum atomic E-state index is 12.5. The van der Waals surface area contributed by atoms with Crippen LogP contribution in [0.5, 0.6) is 0 Å². The molecule has 0 bridgehead atoms. The third-order valence-electron chi connectivity index (χ3n) is 5.73. The fraction of sp³-hybridized carbons (Fsp3) is 0.600. The molecule has 1 aromatic carbocycles. The number of carbonyl (C=O) groups is 2. The maximum absolute atomic E-state index is 12.5. The average molecular weight is 358 g/mol. The Morgan fingerprint density at radius 1 is 1.12 bits per heavy atom. The zero-order valence-electron chi connectivity index (χ0n) is 15.5. The lowest BCUT2D eigenvalue weighted by Crippen LogP contribution is -2.51. The smallest absolute Gasteiger partial charge is 0.321 e. The summed E-state index contributed by atoms with van der Waals surface area (Å²) in [7, 11) is 0. The van der Waals surface area contributed by atoms with Gasteiger partial charge in [-0.15, -0.1) is 0 Å². The molecule has 6 heteroatoms. The van der Waals surface area contributed by atoms with Gasteiger partial charge < -0.3 is 11.1 Å². The van der Waals surface area contributed by atoms with E-state index in [1.807, 2.05) is 25.1 Å². The lowest BCUT2D eigenvalue weighted by atomic mass is 9.95. The second-order valence-electron chi connectivity index (χ2n) is 7.61. The summed E-state index contributed by atoms with van der Waals surface area (Å²) in [5.74, 6) is -0.0539. The van der Waals surface area contributed by atoms with Crippen molar-refractivity contribution in [1.82, 2.24) is 15.5 Å². The van der Waals surface area contributed by atoms with Crippen LogP contribution in [0.3, 0.4) is 0 Å². The molecular formula is C20H30N4O2. The molecule has 4 N–H and O–H groups in total. The van der Waals surface area contributed by atoms with Gasteiger partial charge in [0, 0.05) is 31.1 Å². The van der Waals surface area contributed by atoms with Crippen LogP contribution < -0.4 is 16.4 Å². The van der Waals surface area contributed by atoms with Gasteiger partial charge in [-0.2, -0.15) is 0 Å². The molecule has 1 aromatic rings. The molecule has 3 amide bonds. The van der Waals surface area contributed by atoms with Crippen LogP contribution in [0.15, 0.2) is 30.3 Å². The first-order valence-electron chi connectivity index (χ1n) is 9.70. The molecule has 3 rings (SSSR count). The Morgan fingerprint density at radius 3 is 2.50 bits per heavy atom. The van der Waals surface area contributed by atoms with Gasteiger partial charge in [-0.25, -0.2) is 4.79 Å². The van der Waals surface area contributed by atoms with Gasteiger partial charge in [-0.1, -0.05) is 49.6 Å². The molecular weight excluding hydrogens is 328 g/mol. The minimum Gasteiger partial charge on any atom is -0.335 e. The molecule has 142 valence electrons. The van der Waals surface area contributed by atoms with Gasteiger partial charge in [-0.05, 0) is 25.3 Å². The van der Waals surface area contributed by atoms with Crippen molar-refractivity contribution in [2.45, 2.75) is 63.1 Å². The van der Waals surface area contributed by atoms with E-state index in [-0.39, 0.29) is 36.0 Å². The van der Waals surface area contributed by atoms with Crippen molar-refractivity contribution in [3.05, 3.63) is 35.9 Å². The molecule has 1 saturated heterocycles. The van der Waals surface area contributed by atoms with Crippen LogP contribution in [0.25, 0.3) is 0 Å². The minimum absolute atomic E-state index is 0.0104. The Morgan fingerprint density at radius 2 is 1.81 bits per heavy atom. The summed E-state index contributed by atoms with van der Waals surface area (Å²) in [6.07, 6.45) is 5.50. The summed E-state index contributed by atoms with van der Waals surface area (Å²) < 4.78 is 0. The Hall–Kier alpha value is -1.92. The van der Waals surface area contributed by atoms with Crippen molar-refractivity contribution >= 4 is 11.9 Å². The van der Waals surface area contributed by atoms with Crippen molar-refractivity contribution in [3.8, 4) is 0 Å². The summed E-state index contributed by atoms with van der Waals surface area (Å²) in [4.78, 5) is 26.6. The highest BCUT2D eigenvalue weighted by atomic mass is 16.2. The molecule has 0 spiro atoms. The van der Waals surface area contributed by atoms with Gasteiger partial charge in [0.2, 0.25) is 5.91 Å². The van der Waals surface area contributed by atoms with E-state index in [0.717, 1.165) is 32.2 Å². The van der Waals surface area contributed by atoms with E-state index in [2.05, 4.69) is 27.7 Å². The lowest BCUT2D eigenvalue weighted by molar-refractivity contribution is -0.124. The molecule has 1 aliphatic heterocycles. The molecule has 0 aromatic heterocycles. The molecule has 1 aliphatic carbocycles. The summed E-state index contributed by atoms with van der Waals surface area (Å²) in [6, 6.07) is 9.59. The van der Waals surface area contributed by atoms with E-state index < -0.39 is 0 Å². The highest BCUT2D eigenvalue weighted by Crippen LogP contribution is 2.27. The molecule has 3 atom stereocenters. The Balaban J connectivity index is 1.51. The van der Waals surface area contributed by atoms with Crippen LogP contribution in [0.4, 0.5) is 4.79 Å². The van der Waals surface area contributed by atoms with Gasteiger partial charge in [0.05, 0.1) is 6.04 Å². The van der Waals surface area contributed by atoms with Gasteiger partial charge in [0.15, 0.2) is 0 Å². The predicted octanol–water partition coefficient (Wildman–Crippen LogP) is 1.96. The first-order chi connectivity index (χ1) is 12.5. The minimum atomic E-state index is -0.383. The van der Waals surface area contributed by atoms with E-state index >= 15 is 0 Å². The molecule has 1 saturated carbocycles. The topological polar surface area (TPSA) is 87.5 Å². The number of hydrogen-bond acceptors (Lipinski definition) is 4. The highest BCUT2D eigenvalue weighted by molar-refractivity contribution is 5.96. The number of amides is 3. The fourth-order valence-corrected chi connectivity index (χ4v) is 4.08. The number of rotatable bonds is 4. The van der Waals surface area contributed by atoms with Crippen LogP contribution in [0.2, 0.25) is 0 Å². The number of nitrogens with one attached hydrogen (secondary N) is 2. The van der Waals surface area contributed by atoms with E-state index in [0.29, 0.717) is 6.54 Å². The number of imide groups is 1. The number of likely N-dealkylation sites (tertiary alicyclic amines) is 1. The second-order valence-corrected chi connectivity index (χ2v) is 7.61. The Bertz CT molecular complexity index is 615. The number of hydrogen-bond donors (Lipinski definition) is 3. The van der Waals surface area contributed by atoms with Crippen LogP contribution >= 0.6 is 0 Å². The number of urea groups is 1. The van der Waals surface area contributed by atoms with Crippen LogP contribution in [0.1, 0.15) is 50.5 Å². The summed E-state index contributed by atoms with van der Waals surface area (Å²) in [5.41, 5.74) is 7.51. The monoisotopic (exact) mass is 358 g/mol. The predicted molar refractivity (Wildman–Crippen MR) is 102 cm³/mol. The third kappa shape index (κ3) is 4.62. The van der Waals surface area contributed by atoms with Crippen molar-refractivity contribution in [1.29, 1.82) is 0 Å². The zero-order chi connectivity index (χ0) is 18.5. The van der Waals surface area contributed by atoms with Gasteiger partial charge in [0.1, 0.15) is 0 Å².